The topological polar surface area (TPSA) is 111 Å². The molecule has 2 N–H and O–H groups in total. The quantitative estimate of drug-likeness (QED) is 0.596. The average molecular weight is 370 g/mol. The summed E-state index contributed by atoms with van der Waals surface area (Å²) in [4.78, 5) is 47.1. The number of benzene rings is 2. The van der Waals surface area contributed by atoms with Gasteiger partial charge in [0.05, 0.1) is 31.0 Å². The van der Waals surface area contributed by atoms with Crippen LogP contribution in [0.25, 0.3) is 0 Å². The Hall–Kier alpha value is -3.68. The van der Waals surface area contributed by atoms with Crippen molar-refractivity contribution in [2.45, 2.75) is 6.42 Å². The second-order valence-corrected chi connectivity index (χ2v) is 5.38. The number of hydrogen-bond donors (Lipinski definition) is 2. The molecule has 0 saturated heterocycles. The van der Waals surface area contributed by atoms with Crippen LogP contribution >= 0.6 is 0 Å². The van der Waals surface area contributed by atoms with Crippen LogP contribution in [0, 0.1) is 0 Å². The highest BCUT2D eigenvalue weighted by Gasteiger charge is 2.15. The molecule has 0 bridgehead atoms. The van der Waals surface area contributed by atoms with Gasteiger partial charge in [-0.2, -0.15) is 0 Å². The molecule has 0 atom stereocenters. The fourth-order valence-corrected chi connectivity index (χ4v) is 2.23. The van der Waals surface area contributed by atoms with Crippen LogP contribution in [0.2, 0.25) is 0 Å². The third-order valence-electron chi connectivity index (χ3n) is 3.52. The lowest BCUT2D eigenvalue weighted by Gasteiger charge is -2.10. The highest BCUT2D eigenvalue weighted by molar-refractivity contribution is 6.10. The smallest absolute Gasteiger partial charge is 0.339 e. The standard InChI is InChI=1S/C19H18N2O6/c1-26-18(24)12-7-9-13(10-8-12)20-16(22)11-17(23)21-15-6-4-3-5-14(15)19(25)27-2/h3-10H,11H2,1-2H3,(H,20,22)(H,21,23). The highest BCUT2D eigenvalue weighted by Crippen LogP contribution is 2.16. The number of rotatable bonds is 6. The number of carbonyl (C=O) groups excluding carboxylic acids is 4. The molecule has 0 aliphatic heterocycles. The molecule has 0 aromatic heterocycles. The van der Waals surface area contributed by atoms with Crippen molar-refractivity contribution in [3.63, 3.8) is 0 Å². The molecule has 2 aromatic carbocycles. The van der Waals surface area contributed by atoms with Gasteiger partial charge in [-0.3, -0.25) is 9.59 Å². The van der Waals surface area contributed by atoms with E-state index >= 15 is 0 Å². The normalized spacial score (nSPS) is 9.85. The summed E-state index contributed by atoms with van der Waals surface area (Å²) in [5.74, 6) is -2.22. The van der Waals surface area contributed by atoms with Crippen LogP contribution in [0.1, 0.15) is 27.1 Å². The molecule has 8 nitrogen and oxygen atoms in total. The lowest BCUT2D eigenvalue weighted by atomic mass is 10.1. The Morgan fingerprint density at radius 2 is 1.37 bits per heavy atom. The number of methoxy groups -OCH3 is 2. The molecule has 0 radical (unpaired) electrons. The monoisotopic (exact) mass is 370 g/mol. The van der Waals surface area contributed by atoms with Crippen LogP contribution < -0.4 is 10.6 Å². The number of anilines is 2. The van der Waals surface area contributed by atoms with E-state index in [1.54, 1.807) is 12.1 Å². The molecule has 0 heterocycles. The minimum Gasteiger partial charge on any atom is -0.465 e. The molecule has 0 unspecified atom stereocenters. The van der Waals surface area contributed by atoms with E-state index in [-0.39, 0.29) is 11.3 Å². The van der Waals surface area contributed by atoms with E-state index in [4.69, 9.17) is 0 Å². The zero-order chi connectivity index (χ0) is 19.8. The van der Waals surface area contributed by atoms with Crippen molar-refractivity contribution in [2.24, 2.45) is 0 Å². The van der Waals surface area contributed by atoms with E-state index in [9.17, 15) is 19.2 Å². The number of nitrogens with one attached hydrogen (secondary N) is 2. The number of esters is 2. The fraction of sp³-hybridized carbons (Fsp3) is 0.158. The van der Waals surface area contributed by atoms with Gasteiger partial charge in [0.2, 0.25) is 11.8 Å². The number of amides is 2. The molecule has 140 valence electrons. The maximum atomic E-state index is 12.1. The van der Waals surface area contributed by atoms with Gasteiger partial charge in [-0.25, -0.2) is 9.59 Å². The van der Waals surface area contributed by atoms with Crippen molar-refractivity contribution in [1.82, 2.24) is 0 Å². The maximum absolute atomic E-state index is 12.1. The lowest BCUT2D eigenvalue weighted by molar-refractivity contribution is -0.123. The van der Waals surface area contributed by atoms with Gasteiger partial charge in [-0.1, -0.05) is 12.1 Å². The molecular weight excluding hydrogens is 352 g/mol. The molecule has 0 saturated carbocycles. The molecule has 27 heavy (non-hydrogen) atoms. The molecule has 0 fully saturated rings. The second kappa shape index (κ2) is 9.14. The Morgan fingerprint density at radius 1 is 0.778 bits per heavy atom. The molecule has 0 spiro atoms. The van der Waals surface area contributed by atoms with Crippen LogP contribution in [0.4, 0.5) is 11.4 Å². The number of para-hydroxylation sites is 1. The fourth-order valence-electron chi connectivity index (χ4n) is 2.23. The molecule has 2 aromatic rings. The Labute approximate surface area is 155 Å². The van der Waals surface area contributed by atoms with Crippen LogP contribution in [0.5, 0.6) is 0 Å². The van der Waals surface area contributed by atoms with Gasteiger partial charge in [0.15, 0.2) is 0 Å². The van der Waals surface area contributed by atoms with E-state index in [1.807, 2.05) is 0 Å². The molecule has 2 rings (SSSR count). The van der Waals surface area contributed by atoms with E-state index in [2.05, 4.69) is 20.1 Å². The van der Waals surface area contributed by atoms with Crippen LogP contribution in [-0.4, -0.2) is 38.0 Å². The first kappa shape index (κ1) is 19.6. The molecule has 0 aliphatic carbocycles. The third kappa shape index (κ3) is 5.40. The van der Waals surface area contributed by atoms with E-state index in [0.29, 0.717) is 11.3 Å². The molecule has 8 heteroatoms. The Kier molecular flexibility index (Phi) is 6.65. The number of ether oxygens (including phenoxy) is 2. The van der Waals surface area contributed by atoms with Gasteiger partial charge in [0, 0.05) is 5.69 Å². The number of hydrogen-bond acceptors (Lipinski definition) is 6. The first-order valence-electron chi connectivity index (χ1n) is 7.90. The SMILES string of the molecule is COC(=O)c1ccc(NC(=O)CC(=O)Nc2ccccc2C(=O)OC)cc1. The minimum absolute atomic E-state index is 0.187. The Balaban J connectivity index is 1.95. The van der Waals surface area contributed by atoms with Crippen LogP contribution in [0.3, 0.4) is 0 Å². The molecule has 0 aliphatic rings. The van der Waals surface area contributed by atoms with E-state index in [1.165, 1.54) is 50.6 Å². The van der Waals surface area contributed by atoms with Gasteiger partial charge in [-0.15, -0.1) is 0 Å². The molecule has 2 amide bonds. The number of carbonyl (C=O) groups is 4. The lowest BCUT2D eigenvalue weighted by Crippen LogP contribution is -2.22. The largest absolute Gasteiger partial charge is 0.465 e. The summed E-state index contributed by atoms with van der Waals surface area (Å²) in [6.07, 6.45) is -0.450. The predicted octanol–water partition coefficient (Wildman–Crippen LogP) is 2.23. The highest BCUT2D eigenvalue weighted by atomic mass is 16.5. The van der Waals surface area contributed by atoms with Gasteiger partial charge >= 0.3 is 11.9 Å². The maximum Gasteiger partial charge on any atom is 0.339 e. The summed E-state index contributed by atoms with van der Waals surface area (Å²) in [6.45, 7) is 0. The summed E-state index contributed by atoms with van der Waals surface area (Å²) < 4.78 is 9.24. The van der Waals surface area contributed by atoms with Crippen molar-refractivity contribution in [3.8, 4) is 0 Å². The van der Waals surface area contributed by atoms with Crippen molar-refractivity contribution < 1.29 is 28.7 Å². The second-order valence-electron chi connectivity index (χ2n) is 5.38. The van der Waals surface area contributed by atoms with Crippen molar-refractivity contribution in [2.75, 3.05) is 24.9 Å². The molecular formula is C19H18N2O6. The third-order valence-corrected chi connectivity index (χ3v) is 3.52. The first-order chi connectivity index (χ1) is 12.9. The van der Waals surface area contributed by atoms with Gasteiger partial charge in [-0.05, 0) is 36.4 Å². The Morgan fingerprint density at radius 3 is 2.00 bits per heavy atom. The summed E-state index contributed by atoms with van der Waals surface area (Å²) in [6, 6.07) is 12.3. The van der Waals surface area contributed by atoms with Crippen LogP contribution in [-0.2, 0) is 19.1 Å². The van der Waals surface area contributed by atoms with E-state index in [0.717, 1.165) is 0 Å². The first-order valence-corrected chi connectivity index (χ1v) is 7.90. The summed E-state index contributed by atoms with van der Waals surface area (Å²) in [7, 11) is 2.51. The van der Waals surface area contributed by atoms with E-state index < -0.39 is 30.2 Å². The minimum atomic E-state index is -0.596. The predicted molar refractivity (Wildman–Crippen MR) is 97.4 cm³/mol. The van der Waals surface area contributed by atoms with Crippen molar-refractivity contribution >= 4 is 35.1 Å². The van der Waals surface area contributed by atoms with Gasteiger partial charge in [0.1, 0.15) is 6.42 Å². The zero-order valence-corrected chi connectivity index (χ0v) is 14.8. The zero-order valence-electron chi connectivity index (χ0n) is 14.8. The average Bonchev–Trinajstić information content (AvgIpc) is 2.67. The van der Waals surface area contributed by atoms with Crippen molar-refractivity contribution in [3.05, 3.63) is 59.7 Å². The Bertz CT molecular complexity index is 861. The summed E-state index contributed by atoms with van der Waals surface area (Å²) in [5, 5.41) is 5.06. The summed E-state index contributed by atoms with van der Waals surface area (Å²) in [5.41, 5.74) is 1.21. The summed E-state index contributed by atoms with van der Waals surface area (Å²) >= 11 is 0. The van der Waals surface area contributed by atoms with Gasteiger partial charge < -0.3 is 20.1 Å². The van der Waals surface area contributed by atoms with Crippen LogP contribution in [0.15, 0.2) is 48.5 Å². The van der Waals surface area contributed by atoms with Crippen molar-refractivity contribution in [1.29, 1.82) is 0 Å². The van der Waals surface area contributed by atoms with Gasteiger partial charge in [0.25, 0.3) is 0 Å².